The molecule has 0 saturated carbocycles. The minimum absolute atomic E-state index is 0.422. The zero-order chi connectivity index (χ0) is 26.4. The zero-order valence-electron chi connectivity index (χ0n) is 17.2. The molecule has 0 unspecified atom stereocenters. The van der Waals surface area contributed by atoms with Crippen molar-refractivity contribution in [2.75, 3.05) is 19.6 Å². The highest BCUT2D eigenvalue weighted by molar-refractivity contribution is 8.13. The third-order valence-electron chi connectivity index (χ3n) is 4.45. The van der Waals surface area contributed by atoms with Crippen molar-refractivity contribution >= 4 is 20.0 Å². The fourth-order valence-corrected chi connectivity index (χ4v) is 4.99. The lowest BCUT2D eigenvalue weighted by Crippen LogP contribution is -3.09. The van der Waals surface area contributed by atoms with E-state index in [4.69, 9.17) is 0 Å². The first kappa shape index (κ1) is 32.1. The lowest BCUT2D eigenvalue weighted by atomic mass is 10.1. The summed E-state index contributed by atoms with van der Waals surface area (Å²) in [5, 5.41) is -14.0. The molecule has 0 amide bonds. The van der Waals surface area contributed by atoms with Crippen LogP contribution in [-0.4, -0.2) is 59.3 Å². The van der Waals surface area contributed by atoms with E-state index < -0.39 is 42.9 Å². The fraction of sp³-hybridized carbons (Fsp3) is 1.00. The Morgan fingerprint density at radius 2 is 1.03 bits per heavy atom. The van der Waals surface area contributed by atoms with Gasteiger partial charge in [-0.15, -0.1) is 0 Å². The highest BCUT2D eigenvalue weighted by Gasteiger charge is 2.68. The van der Waals surface area contributed by atoms with Crippen molar-refractivity contribution in [1.82, 2.24) is 0 Å². The van der Waals surface area contributed by atoms with Gasteiger partial charge < -0.3 is 9.03 Å². The van der Waals surface area contributed by atoms with Gasteiger partial charge in [-0.1, -0.05) is 26.2 Å². The van der Waals surface area contributed by atoms with Crippen LogP contribution in [0.25, 0.3) is 4.13 Å². The Hall–Kier alpha value is -0.880. The quantitative estimate of drug-likeness (QED) is 0.330. The Morgan fingerprint density at radius 3 is 1.36 bits per heavy atom. The first-order valence-electron chi connectivity index (χ1n) is 9.60. The molecular formula is C15H24F10N2O4S2. The number of quaternary nitrogens is 1. The van der Waals surface area contributed by atoms with Crippen molar-refractivity contribution in [3.63, 3.8) is 0 Å². The molecule has 0 radical (unpaired) electrons. The maximum absolute atomic E-state index is 12.3. The van der Waals surface area contributed by atoms with E-state index in [9.17, 15) is 60.7 Å². The second-order valence-electron chi connectivity index (χ2n) is 7.18. The maximum atomic E-state index is 12.3. The van der Waals surface area contributed by atoms with Gasteiger partial charge in [-0.05, 0) is 12.8 Å². The smallest absolute Gasteiger partial charge is 0.425 e. The van der Waals surface area contributed by atoms with E-state index in [2.05, 4.69) is 6.92 Å². The van der Waals surface area contributed by atoms with E-state index >= 15 is 0 Å². The zero-order valence-corrected chi connectivity index (χ0v) is 18.9. The van der Waals surface area contributed by atoms with Gasteiger partial charge in [-0.25, -0.2) is 16.8 Å². The molecule has 33 heavy (non-hydrogen) atoms. The lowest BCUT2D eigenvalue weighted by Gasteiger charge is -2.31. The highest BCUT2D eigenvalue weighted by atomic mass is 32.3. The largest absolute Gasteiger partial charge is 0.467 e. The number of rotatable bonds is 10. The minimum Gasteiger partial charge on any atom is -0.425 e. The Labute approximate surface area is 184 Å². The summed E-state index contributed by atoms with van der Waals surface area (Å²) >= 11 is 0. The number of unbranched alkanes of at least 4 members (excludes halogenated alkanes) is 4. The molecule has 6 nitrogen and oxygen atoms in total. The van der Waals surface area contributed by atoms with Crippen LogP contribution >= 0.6 is 0 Å². The molecule has 200 valence electrons. The number of alkyl halides is 10. The van der Waals surface area contributed by atoms with E-state index in [1.807, 2.05) is 4.90 Å². The fourth-order valence-electron chi connectivity index (χ4n) is 2.62. The van der Waals surface area contributed by atoms with Crippen molar-refractivity contribution in [3.8, 4) is 0 Å². The minimum atomic E-state index is -7.62. The standard InChI is InChI=1S/C11H23N.C4F10NO4S2/c1-2-3-4-5-6-9-12-10-7-8-11-12;5-1(6,7)3(11,12)20(16,17)15-21(18,19)4(13,14)2(8,9)10/h2-11H2,1H3;/q;-1/p+1. The van der Waals surface area contributed by atoms with Crippen LogP contribution < -0.4 is 4.90 Å². The first-order valence-corrected chi connectivity index (χ1v) is 12.5. The molecule has 0 bridgehead atoms. The summed E-state index contributed by atoms with van der Waals surface area (Å²) < 4.78 is 161. The van der Waals surface area contributed by atoms with Gasteiger partial charge in [-0.2, -0.15) is 43.9 Å². The molecule has 1 fully saturated rings. The van der Waals surface area contributed by atoms with Crippen molar-refractivity contribution < 1.29 is 65.6 Å². The Kier molecular flexibility index (Phi) is 11.4. The molecule has 18 heteroatoms. The molecule has 1 saturated heterocycles. The van der Waals surface area contributed by atoms with Crippen LogP contribution in [0.1, 0.15) is 51.9 Å². The number of likely N-dealkylation sites (tertiary alicyclic amines) is 1. The molecule has 0 aromatic heterocycles. The van der Waals surface area contributed by atoms with E-state index in [0.717, 1.165) is 0 Å². The van der Waals surface area contributed by atoms with E-state index in [-0.39, 0.29) is 0 Å². The van der Waals surface area contributed by atoms with Gasteiger partial charge in [0, 0.05) is 12.8 Å². The summed E-state index contributed by atoms with van der Waals surface area (Å²) in [6.45, 7) is 6.64. The van der Waals surface area contributed by atoms with Gasteiger partial charge in [-0.3, -0.25) is 0 Å². The van der Waals surface area contributed by atoms with Crippen LogP contribution in [0.2, 0.25) is 0 Å². The topological polar surface area (TPSA) is 86.8 Å². The summed E-state index contributed by atoms with van der Waals surface area (Å²) in [7, 11) is -15.2. The van der Waals surface area contributed by atoms with Gasteiger partial charge in [0.25, 0.3) is 0 Å². The molecule has 1 aliphatic heterocycles. The first-order chi connectivity index (χ1) is 14.6. The summed E-state index contributed by atoms with van der Waals surface area (Å²) in [6.07, 6.45) is -3.84. The predicted octanol–water partition coefficient (Wildman–Crippen LogP) is 3.97. The van der Waals surface area contributed by atoms with Gasteiger partial charge in [0.1, 0.15) is 0 Å². The van der Waals surface area contributed by atoms with E-state index in [1.54, 1.807) is 0 Å². The number of nitrogens with one attached hydrogen (secondary N) is 1. The molecule has 0 aromatic carbocycles. The summed E-state index contributed by atoms with van der Waals surface area (Å²) in [6, 6.07) is 0. The second-order valence-corrected chi connectivity index (χ2v) is 10.7. The number of hydrogen-bond acceptors (Lipinski definition) is 4. The molecule has 0 atom stereocenters. The van der Waals surface area contributed by atoms with Gasteiger partial charge >= 0.3 is 22.9 Å². The van der Waals surface area contributed by atoms with E-state index in [1.165, 1.54) is 64.6 Å². The number of halogens is 10. The number of hydrogen-bond donors (Lipinski definition) is 1. The number of nitrogens with zero attached hydrogens (tertiary/aromatic N) is 1. The van der Waals surface area contributed by atoms with Crippen molar-refractivity contribution in [1.29, 1.82) is 0 Å². The van der Waals surface area contributed by atoms with Crippen LogP contribution in [-0.2, 0) is 20.0 Å². The van der Waals surface area contributed by atoms with Crippen molar-refractivity contribution in [3.05, 3.63) is 4.13 Å². The molecule has 1 rings (SSSR count). The van der Waals surface area contributed by atoms with Crippen LogP contribution in [0.4, 0.5) is 43.9 Å². The summed E-state index contributed by atoms with van der Waals surface area (Å²) in [4.78, 5) is 1.87. The lowest BCUT2D eigenvalue weighted by molar-refractivity contribution is -0.887. The normalized spacial score (nSPS) is 17.1. The molecule has 0 spiro atoms. The Balaban J connectivity index is 0.000000716. The number of sulfonamides is 2. The van der Waals surface area contributed by atoms with Gasteiger partial charge in [0.05, 0.1) is 19.6 Å². The molecule has 1 heterocycles. The molecule has 0 aromatic rings. The highest BCUT2D eigenvalue weighted by Crippen LogP contribution is 2.47. The molecular weight excluding hydrogens is 526 g/mol. The van der Waals surface area contributed by atoms with Gasteiger partial charge in [0.2, 0.25) is 0 Å². The molecule has 1 N–H and O–H groups in total. The van der Waals surface area contributed by atoms with Crippen LogP contribution in [0, 0.1) is 0 Å². The Bertz CT molecular complexity index is 752. The third kappa shape index (κ3) is 8.69. The molecule has 1 aliphatic rings. The third-order valence-corrected chi connectivity index (χ3v) is 7.78. The molecule has 0 aliphatic carbocycles. The van der Waals surface area contributed by atoms with Crippen LogP contribution in [0.3, 0.4) is 0 Å². The maximum Gasteiger partial charge on any atom is 0.467 e. The average molecular weight is 550 g/mol. The van der Waals surface area contributed by atoms with E-state index in [0.29, 0.717) is 4.13 Å². The Morgan fingerprint density at radius 1 is 0.667 bits per heavy atom. The van der Waals surface area contributed by atoms with Crippen LogP contribution in [0.15, 0.2) is 0 Å². The second kappa shape index (κ2) is 11.7. The van der Waals surface area contributed by atoms with Crippen LogP contribution in [0.5, 0.6) is 0 Å². The average Bonchev–Trinajstić information content (AvgIpc) is 3.12. The summed E-state index contributed by atoms with van der Waals surface area (Å²) in [5.41, 5.74) is 0. The predicted molar refractivity (Wildman–Crippen MR) is 96.8 cm³/mol. The monoisotopic (exact) mass is 550 g/mol. The van der Waals surface area contributed by atoms with Gasteiger partial charge in [0.15, 0.2) is 20.0 Å². The van der Waals surface area contributed by atoms with Crippen molar-refractivity contribution in [2.24, 2.45) is 0 Å². The summed E-state index contributed by atoms with van der Waals surface area (Å²) in [5.74, 6) is 0. The SMILES string of the molecule is CCCCCCC[NH+]1CCCC1.O=S(=O)([N-]S(=O)(=O)C(F)(F)C(F)(F)F)C(F)(F)C(F)(F)F. The van der Waals surface area contributed by atoms with Crippen molar-refractivity contribution in [2.45, 2.75) is 74.7 Å².